The maximum Gasteiger partial charge on any atom is 0.319 e. The van der Waals surface area contributed by atoms with Gasteiger partial charge in [-0.3, -0.25) is 14.6 Å². The van der Waals surface area contributed by atoms with Gasteiger partial charge in [-0.25, -0.2) is 4.79 Å². The van der Waals surface area contributed by atoms with Crippen LogP contribution in [0.15, 0.2) is 48.8 Å². The number of rotatable bonds is 8. The lowest BCUT2D eigenvalue weighted by Crippen LogP contribution is -2.42. The Morgan fingerprint density at radius 3 is 2.41 bits per heavy atom. The predicted octanol–water partition coefficient (Wildman–Crippen LogP) is 3.20. The minimum absolute atomic E-state index is 0.0202. The van der Waals surface area contributed by atoms with Crippen molar-refractivity contribution >= 4 is 17.8 Å². The number of nitrogens with one attached hydrogen (secondary N) is 1. The quantitative estimate of drug-likeness (QED) is 0.624. The van der Waals surface area contributed by atoms with E-state index in [-0.39, 0.29) is 23.8 Å². The van der Waals surface area contributed by atoms with Crippen molar-refractivity contribution in [1.29, 1.82) is 0 Å². The van der Waals surface area contributed by atoms with Crippen LogP contribution in [0.5, 0.6) is 0 Å². The molecule has 3 atom stereocenters. The van der Waals surface area contributed by atoms with Crippen LogP contribution in [0.1, 0.15) is 61.3 Å². The Morgan fingerprint density at radius 2 is 1.82 bits per heavy atom. The number of carbonyl (C=O) groups excluding carboxylic acids is 3. The molecule has 8 nitrogen and oxygen atoms in total. The summed E-state index contributed by atoms with van der Waals surface area (Å²) in [5, 5.41) is 2.87. The molecule has 0 radical (unpaired) electrons. The predicted molar refractivity (Wildman–Crippen MR) is 131 cm³/mol. The summed E-state index contributed by atoms with van der Waals surface area (Å²) in [7, 11) is 3.50. The van der Waals surface area contributed by atoms with Gasteiger partial charge in [0.2, 0.25) is 11.8 Å². The zero-order chi connectivity index (χ0) is 24.7. The van der Waals surface area contributed by atoms with Gasteiger partial charge in [-0.2, -0.15) is 0 Å². The van der Waals surface area contributed by atoms with Gasteiger partial charge in [-0.15, -0.1) is 0 Å². The van der Waals surface area contributed by atoms with Crippen molar-refractivity contribution in [3.8, 4) is 0 Å². The summed E-state index contributed by atoms with van der Waals surface area (Å²) >= 11 is 0. The molecule has 2 aromatic rings. The second kappa shape index (κ2) is 11.6. The Kier molecular flexibility index (Phi) is 8.62. The molecule has 3 unspecified atom stereocenters. The molecule has 0 bridgehead atoms. The topological polar surface area (TPSA) is 109 Å². The maximum atomic E-state index is 13.3. The van der Waals surface area contributed by atoms with E-state index in [4.69, 9.17) is 5.73 Å². The molecule has 1 aliphatic rings. The summed E-state index contributed by atoms with van der Waals surface area (Å²) in [6.45, 7) is 3.13. The number of aromatic nitrogens is 1. The smallest absolute Gasteiger partial charge is 0.319 e. The van der Waals surface area contributed by atoms with Crippen LogP contribution in [0.25, 0.3) is 0 Å². The highest BCUT2D eigenvalue weighted by Gasteiger charge is 2.34. The molecule has 0 aliphatic heterocycles. The summed E-state index contributed by atoms with van der Waals surface area (Å²) < 4.78 is 0. The highest BCUT2D eigenvalue weighted by molar-refractivity contribution is 5.88. The number of carbonyl (C=O) groups is 3. The zero-order valence-electron chi connectivity index (χ0n) is 20.2. The Labute approximate surface area is 201 Å². The molecule has 8 heteroatoms. The van der Waals surface area contributed by atoms with Gasteiger partial charge >= 0.3 is 6.03 Å². The molecule has 3 N–H and O–H groups in total. The molecule has 0 spiro atoms. The van der Waals surface area contributed by atoms with Crippen LogP contribution in [-0.4, -0.2) is 53.3 Å². The third-order valence-electron chi connectivity index (χ3n) is 6.51. The van der Waals surface area contributed by atoms with E-state index in [9.17, 15) is 14.4 Å². The van der Waals surface area contributed by atoms with Crippen LogP contribution in [-0.2, 0) is 16.1 Å². The lowest BCUT2D eigenvalue weighted by molar-refractivity contribution is -0.131. The number of nitrogens with two attached hydrogens (primary N) is 1. The Balaban J connectivity index is 1.73. The fourth-order valence-corrected chi connectivity index (χ4v) is 4.65. The van der Waals surface area contributed by atoms with Crippen molar-refractivity contribution in [3.63, 3.8) is 0 Å². The molecule has 1 aromatic carbocycles. The van der Waals surface area contributed by atoms with Gasteiger partial charge < -0.3 is 20.9 Å². The first-order chi connectivity index (χ1) is 16.3. The number of primary amides is 1. The average molecular weight is 466 g/mol. The largest absolute Gasteiger partial charge is 0.368 e. The fraction of sp³-hybridized carbons (Fsp3) is 0.462. The van der Waals surface area contributed by atoms with Gasteiger partial charge in [0.15, 0.2) is 0 Å². The maximum absolute atomic E-state index is 13.3. The van der Waals surface area contributed by atoms with Crippen molar-refractivity contribution in [2.24, 2.45) is 11.7 Å². The minimum Gasteiger partial charge on any atom is -0.368 e. The van der Waals surface area contributed by atoms with Crippen LogP contribution in [0, 0.1) is 5.92 Å². The van der Waals surface area contributed by atoms with Crippen LogP contribution in [0.3, 0.4) is 0 Å². The highest BCUT2D eigenvalue weighted by Crippen LogP contribution is 2.38. The molecular weight excluding hydrogens is 430 g/mol. The number of hydrogen-bond acceptors (Lipinski definition) is 4. The molecule has 4 amide bonds. The van der Waals surface area contributed by atoms with Gasteiger partial charge in [0.05, 0.1) is 0 Å². The molecule has 1 aliphatic carbocycles. The number of amides is 4. The molecule has 34 heavy (non-hydrogen) atoms. The van der Waals surface area contributed by atoms with Gasteiger partial charge in [-0.1, -0.05) is 43.2 Å². The normalized spacial score (nSPS) is 18.6. The van der Waals surface area contributed by atoms with Crippen molar-refractivity contribution in [2.75, 3.05) is 20.6 Å². The second-order valence-electron chi connectivity index (χ2n) is 9.06. The Morgan fingerprint density at radius 1 is 1.12 bits per heavy atom. The second-order valence-corrected chi connectivity index (χ2v) is 9.06. The molecule has 1 saturated carbocycles. The van der Waals surface area contributed by atoms with E-state index in [1.807, 2.05) is 19.1 Å². The van der Waals surface area contributed by atoms with Crippen LogP contribution in [0.2, 0.25) is 0 Å². The number of benzene rings is 1. The number of urea groups is 1. The molecule has 1 fully saturated rings. The average Bonchev–Trinajstić information content (AvgIpc) is 2.86. The summed E-state index contributed by atoms with van der Waals surface area (Å²) in [4.78, 5) is 45.1. The lowest BCUT2D eigenvalue weighted by Gasteiger charge is -2.32. The first-order valence-corrected chi connectivity index (χ1v) is 11.9. The first-order valence-electron chi connectivity index (χ1n) is 11.9. The monoisotopic (exact) mass is 465 g/mol. The molecule has 0 saturated heterocycles. The fourth-order valence-electron chi connectivity index (χ4n) is 4.65. The standard InChI is InChI=1S/C26H35N5O3/c1-4-31(26(34)30(2)3)17-18-11-13-19(14-12-18)21-9-5-6-10-22(21)25(33)29-23(24(27)32)20-8-7-15-28-16-20/h7-8,11-16,21-23H,4-6,9-10,17H2,1-3H3,(H2,27,32)(H,29,33). The first kappa shape index (κ1) is 25.2. The van der Waals surface area contributed by atoms with Crippen molar-refractivity contribution in [1.82, 2.24) is 20.1 Å². The summed E-state index contributed by atoms with van der Waals surface area (Å²) in [5.41, 5.74) is 8.31. The van der Waals surface area contributed by atoms with Crippen molar-refractivity contribution < 1.29 is 14.4 Å². The van der Waals surface area contributed by atoms with Crippen LogP contribution in [0.4, 0.5) is 4.79 Å². The van der Waals surface area contributed by atoms with Gasteiger partial charge in [0, 0.05) is 51.1 Å². The Hall–Kier alpha value is -3.42. The van der Waals surface area contributed by atoms with Crippen molar-refractivity contribution in [2.45, 2.75) is 51.1 Å². The Bertz CT molecular complexity index is 978. The van der Waals surface area contributed by atoms with E-state index in [0.29, 0.717) is 18.7 Å². The van der Waals surface area contributed by atoms with Gasteiger partial charge in [-0.05, 0) is 42.9 Å². The molecule has 1 heterocycles. The minimum atomic E-state index is -0.902. The number of pyridine rings is 1. The van der Waals surface area contributed by atoms with Gasteiger partial charge in [0.1, 0.15) is 6.04 Å². The lowest BCUT2D eigenvalue weighted by atomic mass is 9.74. The van der Waals surface area contributed by atoms with E-state index in [2.05, 4.69) is 22.4 Å². The molecule has 182 valence electrons. The van der Waals surface area contributed by atoms with E-state index < -0.39 is 11.9 Å². The number of nitrogens with zero attached hydrogens (tertiary/aromatic N) is 3. The van der Waals surface area contributed by atoms with E-state index in [1.54, 1.807) is 48.4 Å². The highest BCUT2D eigenvalue weighted by atomic mass is 16.2. The van der Waals surface area contributed by atoms with E-state index in [1.165, 1.54) is 0 Å². The van der Waals surface area contributed by atoms with Crippen LogP contribution >= 0.6 is 0 Å². The van der Waals surface area contributed by atoms with E-state index >= 15 is 0 Å². The molecule has 1 aromatic heterocycles. The van der Waals surface area contributed by atoms with Gasteiger partial charge in [0.25, 0.3) is 0 Å². The summed E-state index contributed by atoms with van der Waals surface area (Å²) in [5.74, 6) is -0.933. The zero-order valence-corrected chi connectivity index (χ0v) is 20.2. The SMILES string of the molecule is CCN(Cc1ccc(C2CCCCC2C(=O)NC(C(N)=O)c2cccnc2)cc1)C(=O)N(C)C. The molecular formula is C26H35N5O3. The molecule has 3 rings (SSSR count). The third kappa shape index (κ3) is 6.12. The van der Waals surface area contributed by atoms with Crippen molar-refractivity contribution in [3.05, 3.63) is 65.5 Å². The number of hydrogen-bond donors (Lipinski definition) is 2. The third-order valence-corrected chi connectivity index (χ3v) is 6.51. The summed E-state index contributed by atoms with van der Waals surface area (Å²) in [6, 6.07) is 10.7. The summed E-state index contributed by atoms with van der Waals surface area (Å²) in [6.07, 6.45) is 6.86. The van der Waals surface area contributed by atoms with Crippen LogP contribution < -0.4 is 11.1 Å². The van der Waals surface area contributed by atoms with E-state index in [0.717, 1.165) is 36.8 Å².